The monoisotopic (exact) mass is 408 g/mol. The Balaban J connectivity index is 1.48. The Kier molecular flexibility index (Phi) is 5.28. The number of amides is 3. The molecule has 0 saturated carbocycles. The average Bonchev–Trinajstić information content (AvgIpc) is 2.96. The number of nitrogens with one attached hydrogen (secondary N) is 1. The molecule has 2 atom stereocenters. The Morgan fingerprint density at radius 1 is 1.13 bits per heavy atom. The molecule has 0 bridgehead atoms. The third-order valence-corrected chi connectivity index (χ3v) is 6.34. The van der Waals surface area contributed by atoms with Crippen LogP contribution < -0.4 is 10.1 Å². The summed E-state index contributed by atoms with van der Waals surface area (Å²) in [5.41, 5.74) is 4.06. The Bertz CT molecular complexity index is 1000. The highest BCUT2D eigenvalue weighted by molar-refractivity contribution is 6.07. The van der Waals surface area contributed by atoms with Crippen LogP contribution in [0.15, 0.2) is 36.4 Å². The number of carbonyl (C=O) groups excluding carboxylic acids is 2. The molecule has 0 radical (unpaired) electrons. The topological polar surface area (TPSA) is 78.9 Å². The van der Waals surface area contributed by atoms with Crippen LogP contribution in [0.25, 0.3) is 0 Å². The first-order chi connectivity index (χ1) is 14.3. The van der Waals surface area contributed by atoms with Crippen molar-refractivity contribution in [2.75, 3.05) is 13.2 Å². The Morgan fingerprint density at radius 3 is 2.67 bits per heavy atom. The van der Waals surface area contributed by atoms with Crippen LogP contribution in [-0.4, -0.2) is 41.2 Å². The highest BCUT2D eigenvalue weighted by Crippen LogP contribution is 2.39. The van der Waals surface area contributed by atoms with Crippen LogP contribution in [0.5, 0.6) is 5.75 Å². The zero-order valence-electron chi connectivity index (χ0n) is 17.7. The molecule has 4 rings (SSSR count). The van der Waals surface area contributed by atoms with Gasteiger partial charge in [-0.1, -0.05) is 36.4 Å². The van der Waals surface area contributed by atoms with Gasteiger partial charge in [0.25, 0.3) is 5.91 Å². The van der Waals surface area contributed by atoms with Gasteiger partial charge in [-0.05, 0) is 67.9 Å². The second-order valence-corrected chi connectivity index (χ2v) is 8.38. The fourth-order valence-corrected chi connectivity index (χ4v) is 4.57. The number of β-amino-alcohol motifs (C(OH)–C–C–N with tert-alkyl or cyclic N) is 1. The van der Waals surface area contributed by atoms with E-state index in [4.69, 9.17) is 4.74 Å². The molecule has 1 aliphatic carbocycles. The number of imide groups is 1. The minimum absolute atomic E-state index is 0.00573. The maximum absolute atomic E-state index is 13.3. The van der Waals surface area contributed by atoms with Crippen LogP contribution in [-0.2, 0) is 16.8 Å². The number of fused-ring (bicyclic) bond motifs is 2. The molecule has 1 saturated heterocycles. The van der Waals surface area contributed by atoms with Crippen molar-refractivity contribution >= 4 is 11.9 Å². The summed E-state index contributed by atoms with van der Waals surface area (Å²) in [6.45, 7) is 5.85. The van der Waals surface area contributed by atoms with Gasteiger partial charge >= 0.3 is 6.03 Å². The number of carbonyl (C=O) groups is 2. The molecule has 1 fully saturated rings. The molecule has 2 aromatic carbocycles. The van der Waals surface area contributed by atoms with Crippen LogP contribution >= 0.6 is 0 Å². The number of urea groups is 1. The fourth-order valence-electron chi connectivity index (χ4n) is 4.57. The summed E-state index contributed by atoms with van der Waals surface area (Å²) in [5, 5.41) is 13.5. The summed E-state index contributed by atoms with van der Waals surface area (Å²) in [5.74, 6) is 0.450. The van der Waals surface area contributed by atoms with E-state index in [1.165, 1.54) is 0 Å². The van der Waals surface area contributed by atoms with E-state index >= 15 is 0 Å². The Morgan fingerprint density at radius 2 is 1.87 bits per heavy atom. The van der Waals surface area contributed by atoms with Gasteiger partial charge in [0.2, 0.25) is 0 Å². The van der Waals surface area contributed by atoms with E-state index in [-0.39, 0.29) is 19.1 Å². The fraction of sp³-hybridized carbons (Fsp3) is 0.417. The van der Waals surface area contributed by atoms with Crippen molar-refractivity contribution in [3.63, 3.8) is 0 Å². The summed E-state index contributed by atoms with van der Waals surface area (Å²) in [7, 11) is 0. The molecule has 2 aromatic rings. The molecule has 3 amide bonds. The summed E-state index contributed by atoms with van der Waals surface area (Å²) in [6.07, 6.45) is 1.31. The normalized spacial score (nSPS) is 21.5. The van der Waals surface area contributed by atoms with Gasteiger partial charge in [-0.15, -0.1) is 0 Å². The van der Waals surface area contributed by atoms with E-state index in [9.17, 15) is 14.7 Å². The summed E-state index contributed by atoms with van der Waals surface area (Å²) >= 11 is 0. The molecule has 2 aliphatic rings. The molecule has 1 aliphatic heterocycles. The lowest BCUT2D eigenvalue weighted by Gasteiger charge is -2.33. The van der Waals surface area contributed by atoms with Gasteiger partial charge in [-0.2, -0.15) is 0 Å². The zero-order chi connectivity index (χ0) is 21.5. The number of aliphatic hydroxyl groups excluding tert-OH is 1. The molecule has 0 aromatic heterocycles. The van der Waals surface area contributed by atoms with Gasteiger partial charge in [0.1, 0.15) is 24.0 Å². The quantitative estimate of drug-likeness (QED) is 0.745. The van der Waals surface area contributed by atoms with E-state index in [0.29, 0.717) is 6.42 Å². The predicted octanol–water partition coefficient (Wildman–Crippen LogP) is 3.14. The minimum Gasteiger partial charge on any atom is -0.490 e. The number of nitrogens with zero attached hydrogens (tertiary/aromatic N) is 1. The predicted molar refractivity (Wildman–Crippen MR) is 113 cm³/mol. The summed E-state index contributed by atoms with van der Waals surface area (Å²) in [4.78, 5) is 27.1. The van der Waals surface area contributed by atoms with Crippen molar-refractivity contribution in [3.05, 3.63) is 64.2 Å². The maximum Gasteiger partial charge on any atom is 0.325 e. The van der Waals surface area contributed by atoms with Crippen LogP contribution in [0.1, 0.15) is 40.7 Å². The average molecular weight is 408 g/mol. The Hall–Kier alpha value is -2.86. The molecule has 30 heavy (non-hydrogen) atoms. The van der Waals surface area contributed by atoms with Gasteiger partial charge in [-0.25, -0.2) is 4.79 Å². The molecule has 158 valence electrons. The lowest BCUT2D eigenvalue weighted by Crippen LogP contribution is -2.47. The number of hydrogen-bond donors (Lipinski definition) is 2. The molecule has 1 heterocycles. The van der Waals surface area contributed by atoms with Gasteiger partial charge in [0.15, 0.2) is 0 Å². The maximum atomic E-state index is 13.3. The van der Waals surface area contributed by atoms with Crippen LogP contribution in [0.3, 0.4) is 0 Å². The SMILES string of the molecule is Cc1ccc(C)c(OC[C@@H](O)CN2C(=O)N[C@]3(CCCc4ccccc43)C2=O)c1C. The number of aliphatic hydroxyl groups is 1. The van der Waals surface area contributed by atoms with E-state index in [0.717, 1.165) is 51.3 Å². The van der Waals surface area contributed by atoms with Crippen molar-refractivity contribution in [2.45, 2.75) is 51.7 Å². The number of aryl methyl sites for hydroxylation is 3. The highest BCUT2D eigenvalue weighted by atomic mass is 16.5. The first kappa shape index (κ1) is 20.4. The largest absolute Gasteiger partial charge is 0.490 e. The first-order valence-electron chi connectivity index (χ1n) is 10.4. The zero-order valence-corrected chi connectivity index (χ0v) is 17.7. The summed E-state index contributed by atoms with van der Waals surface area (Å²) < 4.78 is 5.86. The number of rotatable bonds is 5. The van der Waals surface area contributed by atoms with E-state index in [2.05, 4.69) is 5.32 Å². The van der Waals surface area contributed by atoms with Gasteiger partial charge in [0, 0.05) is 0 Å². The molecular formula is C24H28N2O4. The van der Waals surface area contributed by atoms with Crippen molar-refractivity contribution in [1.82, 2.24) is 10.2 Å². The third-order valence-electron chi connectivity index (χ3n) is 6.34. The minimum atomic E-state index is -1.02. The summed E-state index contributed by atoms with van der Waals surface area (Å²) in [6, 6.07) is 11.3. The van der Waals surface area contributed by atoms with Crippen molar-refractivity contribution in [2.24, 2.45) is 0 Å². The van der Waals surface area contributed by atoms with Crippen LogP contribution in [0, 0.1) is 20.8 Å². The van der Waals surface area contributed by atoms with E-state index in [1.807, 2.05) is 57.2 Å². The lowest BCUT2D eigenvalue weighted by molar-refractivity contribution is -0.133. The molecule has 0 unspecified atom stereocenters. The molecule has 1 spiro atoms. The first-order valence-corrected chi connectivity index (χ1v) is 10.4. The number of hydrogen-bond acceptors (Lipinski definition) is 4. The van der Waals surface area contributed by atoms with Crippen LogP contribution in [0.2, 0.25) is 0 Å². The second kappa shape index (κ2) is 7.76. The third kappa shape index (κ3) is 3.35. The number of benzene rings is 2. The molecular weight excluding hydrogens is 380 g/mol. The smallest absolute Gasteiger partial charge is 0.325 e. The number of ether oxygens (including phenoxy) is 1. The van der Waals surface area contributed by atoms with Gasteiger partial charge < -0.3 is 15.2 Å². The van der Waals surface area contributed by atoms with Crippen LogP contribution in [0.4, 0.5) is 4.79 Å². The van der Waals surface area contributed by atoms with Crippen molar-refractivity contribution < 1.29 is 19.4 Å². The van der Waals surface area contributed by atoms with E-state index in [1.54, 1.807) is 0 Å². The molecule has 6 nitrogen and oxygen atoms in total. The van der Waals surface area contributed by atoms with E-state index < -0.39 is 17.7 Å². The standard InChI is InChI=1S/C24H28N2O4/c1-15-10-11-16(2)21(17(15)3)30-14-19(27)13-26-22(28)24(25-23(26)29)12-6-8-18-7-4-5-9-20(18)24/h4-5,7,9-11,19,27H,6,8,12-14H2,1-3H3,(H,25,29)/t19-,24-/m0/s1. The molecule has 6 heteroatoms. The van der Waals surface area contributed by atoms with Gasteiger partial charge in [0.05, 0.1) is 6.54 Å². The molecule has 2 N–H and O–H groups in total. The van der Waals surface area contributed by atoms with Gasteiger partial charge in [-0.3, -0.25) is 9.69 Å². The van der Waals surface area contributed by atoms with Crippen molar-refractivity contribution in [1.29, 1.82) is 0 Å². The second-order valence-electron chi connectivity index (χ2n) is 8.38. The lowest BCUT2D eigenvalue weighted by atomic mass is 9.76. The Labute approximate surface area is 176 Å². The highest BCUT2D eigenvalue weighted by Gasteiger charge is 2.54. The van der Waals surface area contributed by atoms with Crippen molar-refractivity contribution in [3.8, 4) is 5.75 Å².